The number of benzene rings is 1. The normalized spacial score (nSPS) is 13.4. The van der Waals surface area contributed by atoms with Gasteiger partial charge in [0.2, 0.25) is 0 Å². The smallest absolute Gasteiger partial charge is 0.306 e. The number of nitrogens with zero attached hydrogens (tertiary/aromatic N) is 1. The van der Waals surface area contributed by atoms with Crippen LogP contribution in [0, 0.1) is 6.92 Å². The summed E-state index contributed by atoms with van der Waals surface area (Å²) >= 11 is 4.14. The molecule has 1 unspecified atom stereocenters. The van der Waals surface area contributed by atoms with Crippen LogP contribution in [-0.2, 0) is 6.18 Å². The minimum atomic E-state index is -4.40. The Morgan fingerprint density at radius 3 is 2.67 bits per heavy atom. The van der Waals surface area contributed by atoms with Crippen molar-refractivity contribution in [1.82, 2.24) is 10.3 Å². The highest BCUT2D eigenvalue weighted by atomic mass is 79.9. The quantitative estimate of drug-likeness (QED) is 0.815. The van der Waals surface area contributed by atoms with Gasteiger partial charge in [-0.3, -0.25) is 0 Å². The third-order valence-corrected chi connectivity index (χ3v) is 4.75. The number of alkyl halides is 3. The van der Waals surface area contributed by atoms with Crippen molar-refractivity contribution in [1.29, 1.82) is 0 Å². The van der Waals surface area contributed by atoms with Crippen LogP contribution in [0.5, 0.6) is 0 Å². The van der Waals surface area contributed by atoms with E-state index in [-0.39, 0.29) is 6.04 Å². The van der Waals surface area contributed by atoms with Crippen LogP contribution in [0.3, 0.4) is 0 Å². The fourth-order valence-electron chi connectivity index (χ4n) is 2.00. The van der Waals surface area contributed by atoms with Gasteiger partial charge in [-0.05, 0) is 25.1 Å². The van der Waals surface area contributed by atoms with E-state index < -0.39 is 11.2 Å². The summed E-state index contributed by atoms with van der Waals surface area (Å²) in [5, 5.41) is 2.41. The van der Waals surface area contributed by atoms with E-state index in [2.05, 4.69) is 26.2 Å². The van der Waals surface area contributed by atoms with E-state index in [4.69, 9.17) is 0 Å². The molecule has 1 heterocycles. The van der Waals surface area contributed by atoms with Gasteiger partial charge in [-0.2, -0.15) is 13.2 Å². The number of aryl methyl sites for hydroxylation is 1. The first-order chi connectivity index (χ1) is 9.82. The first-order valence-corrected chi connectivity index (χ1v) is 7.96. The molecule has 2 rings (SSSR count). The maximum absolute atomic E-state index is 12.7. The molecule has 0 bridgehead atoms. The maximum Gasteiger partial charge on any atom is 0.443 e. The van der Waals surface area contributed by atoms with E-state index in [0.29, 0.717) is 22.8 Å². The number of thiazole rings is 1. The SMILES string of the molecule is CCNC(c1cnc(C(F)(F)F)s1)c1cc(C)ccc1Br. The summed E-state index contributed by atoms with van der Waals surface area (Å²) in [6, 6.07) is 5.51. The molecule has 114 valence electrons. The van der Waals surface area contributed by atoms with Crippen molar-refractivity contribution >= 4 is 27.3 Å². The van der Waals surface area contributed by atoms with E-state index in [1.165, 1.54) is 6.20 Å². The Labute approximate surface area is 133 Å². The van der Waals surface area contributed by atoms with Crippen molar-refractivity contribution in [2.45, 2.75) is 26.1 Å². The number of hydrogen-bond donors (Lipinski definition) is 1. The summed E-state index contributed by atoms with van der Waals surface area (Å²) < 4.78 is 39.0. The number of hydrogen-bond acceptors (Lipinski definition) is 3. The van der Waals surface area contributed by atoms with Gasteiger partial charge in [-0.1, -0.05) is 40.5 Å². The van der Waals surface area contributed by atoms with E-state index >= 15 is 0 Å². The molecule has 0 amide bonds. The standard InChI is InChI=1S/C14H14BrF3N2S/c1-3-19-12(9-6-8(2)4-5-10(9)15)11-7-20-13(21-11)14(16,17)18/h4-7,12,19H,3H2,1-2H3. The maximum atomic E-state index is 12.7. The number of aromatic nitrogens is 1. The summed E-state index contributed by atoms with van der Waals surface area (Å²) in [7, 11) is 0. The van der Waals surface area contributed by atoms with E-state index in [0.717, 1.165) is 15.6 Å². The second-order valence-electron chi connectivity index (χ2n) is 4.58. The lowest BCUT2D eigenvalue weighted by Crippen LogP contribution is -2.21. The molecule has 0 fully saturated rings. The minimum absolute atomic E-state index is 0.308. The highest BCUT2D eigenvalue weighted by molar-refractivity contribution is 9.10. The van der Waals surface area contributed by atoms with E-state index in [1.807, 2.05) is 32.0 Å². The highest BCUT2D eigenvalue weighted by Gasteiger charge is 2.35. The second kappa shape index (κ2) is 6.46. The molecule has 2 nitrogen and oxygen atoms in total. The van der Waals surface area contributed by atoms with E-state index in [1.54, 1.807) is 0 Å². The van der Waals surface area contributed by atoms with Crippen LogP contribution >= 0.6 is 27.3 Å². The number of rotatable bonds is 4. The van der Waals surface area contributed by atoms with Gasteiger partial charge in [0, 0.05) is 15.5 Å². The molecular formula is C14H14BrF3N2S. The van der Waals surface area contributed by atoms with Crippen LogP contribution < -0.4 is 5.32 Å². The van der Waals surface area contributed by atoms with Gasteiger partial charge in [0.1, 0.15) is 0 Å². The van der Waals surface area contributed by atoms with Gasteiger partial charge >= 0.3 is 6.18 Å². The molecule has 1 atom stereocenters. The van der Waals surface area contributed by atoms with E-state index in [9.17, 15) is 13.2 Å². The first-order valence-electron chi connectivity index (χ1n) is 6.35. The fraction of sp³-hybridized carbons (Fsp3) is 0.357. The molecule has 1 aromatic heterocycles. The molecule has 1 N–H and O–H groups in total. The molecular weight excluding hydrogens is 365 g/mol. The van der Waals surface area contributed by atoms with Crippen molar-refractivity contribution in [3.05, 3.63) is 49.9 Å². The number of nitrogens with one attached hydrogen (secondary N) is 1. The van der Waals surface area contributed by atoms with Crippen LogP contribution in [0.4, 0.5) is 13.2 Å². The van der Waals surface area contributed by atoms with Gasteiger partial charge < -0.3 is 5.32 Å². The minimum Gasteiger partial charge on any atom is -0.306 e. The highest BCUT2D eigenvalue weighted by Crippen LogP contribution is 2.37. The van der Waals surface area contributed by atoms with Crippen molar-refractivity contribution in [3.8, 4) is 0 Å². The zero-order valence-corrected chi connectivity index (χ0v) is 13.9. The molecule has 0 aliphatic carbocycles. The molecule has 0 aliphatic rings. The lowest BCUT2D eigenvalue weighted by molar-refractivity contribution is -0.137. The van der Waals surface area contributed by atoms with Gasteiger partial charge in [0.05, 0.1) is 6.04 Å². The van der Waals surface area contributed by atoms with Crippen LogP contribution in [0.1, 0.15) is 34.0 Å². The molecule has 0 spiro atoms. The topological polar surface area (TPSA) is 24.9 Å². The third-order valence-electron chi connectivity index (χ3n) is 2.92. The van der Waals surface area contributed by atoms with Gasteiger partial charge in [0.25, 0.3) is 0 Å². The summed E-state index contributed by atoms with van der Waals surface area (Å²) in [6.07, 6.45) is -3.10. The fourth-order valence-corrected chi connectivity index (χ4v) is 3.36. The Balaban J connectivity index is 2.44. The third kappa shape index (κ3) is 3.84. The average molecular weight is 379 g/mol. The summed E-state index contributed by atoms with van der Waals surface area (Å²) in [6.45, 7) is 4.51. The average Bonchev–Trinajstić information content (AvgIpc) is 2.88. The van der Waals surface area contributed by atoms with Gasteiger partial charge in [0.15, 0.2) is 5.01 Å². The van der Waals surface area contributed by atoms with Crippen molar-refractivity contribution in [2.75, 3.05) is 6.54 Å². The monoisotopic (exact) mass is 378 g/mol. The molecule has 0 aliphatic heterocycles. The van der Waals surface area contributed by atoms with Crippen LogP contribution in [0.15, 0.2) is 28.9 Å². The summed E-state index contributed by atoms with van der Waals surface area (Å²) in [5.74, 6) is 0. The van der Waals surface area contributed by atoms with Gasteiger partial charge in [-0.25, -0.2) is 4.98 Å². The van der Waals surface area contributed by atoms with Gasteiger partial charge in [-0.15, -0.1) is 11.3 Å². The Hall–Kier alpha value is -0.920. The Morgan fingerprint density at radius 2 is 2.10 bits per heavy atom. The Kier molecular flexibility index (Phi) is 5.06. The molecule has 1 aromatic carbocycles. The van der Waals surface area contributed by atoms with Crippen LogP contribution in [-0.4, -0.2) is 11.5 Å². The summed E-state index contributed by atoms with van der Waals surface area (Å²) in [4.78, 5) is 4.06. The lowest BCUT2D eigenvalue weighted by Gasteiger charge is -2.18. The summed E-state index contributed by atoms with van der Waals surface area (Å²) in [5.41, 5.74) is 1.96. The number of halogens is 4. The molecule has 2 aromatic rings. The molecule has 0 saturated carbocycles. The zero-order chi connectivity index (χ0) is 15.6. The van der Waals surface area contributed by atoms with Crippen molar-refractivity contribution < 1.29 is 13.2 Å². The van der Waals surface area contributed by atoms with Crippen LogP contribution in [0.2, 0.25) is 0 Å². The van der Waals surface area contributed by atoms with Crippen molar-refractivity contribution in [3.63, 3.8) is 0 Å². The first kappa shape index (κ1) is 16.5. The molecule has 21 heavy (non-hydrogen) atoms. The predicted molar refractivity (Wildman–Crippen MR) is 81.5 cm³/mol. The van der Waals surface area contributed by atoms with Crippen molar-refractivity contribution in [2.24, 2.45) is 0 Å². The molecule has 0 radical (unpaired) electrons. The largest absolute Gasteiger partial charge is 0.443 e. The Morgan fingerprint density at radius 1 is 1.38 bits per heavy atom. The molecule has 7 heteroatoms. The zero-order valence-electron chi connectivity index (χ0n) is 11.5. The predicted octanol–water partition coefficient (Wildman–Crippen LogP) is 4.93. The lowest BCUT2D eigenvalue weighted by atomic mass is 10.0. The molecule has 0 saturated heterocycles. The van der Waals surface area contributed by atoms with Crippen LogP contribution in [0.25, 0.3) is 0 Å². The Bertz CT molecular complexity index is 625. The second-order valence-corrected chi connectivity index (χ2v) is 6.50.